The number of hydrogen-bond acceptors (Lipinski definition) is 3. The average Bonchev–Trinajstić information content (AvgIpc) is 2.49. The summed E-state index contributed by atoms with van der Waals surface area (Å²) in [6, 6.07) is 8.17. The molecule has 0 amide bonds. The Kier molecular flexibility index (Phi) is 5.88. The van der Waals surface area contributed by atoms with Crippen LogP contribution in [-0.4, -0.2) is 14.5 Å². The van der Waals surface area contributed by atoms with Crippen LogP contribution in [0.2, 0.25) is 0 Å². The summed E-state index contributed by atoms with van der Waals surface area (Å²) in [7, 11) is -3.52. The molecule has 0 saturated heterocycles. The van der Waals surface area contributed by atoms with Gasteiger partial charge in [0.25, 0.3) is 0 Å². The molecule has 0 aliphatic carbocycles. The number of sulfonamides is 1. The largest absolute Gasteiger partial charge is 0.399 e. The lowest BCUT2D eigenvalue weighted by molar-refractivity contribution is 0.576. The van der Waals surface area contributed by atoms with Gasteiger partial charge in [-0.25, -0.2) is 17.5 Å². The van der Waals surface area contributed by atoms with Gasteiger partial charge in [-0.3, -0.25) is 0 Å². The molecule has 0 heterocycles. The lowest BCUT2D eigenvalue weighted by Gasteiger charge is -2.13. The molecular weight excluding hydrogens is 351 g/mol. The number of anilines is 1. The fourth-order valence-electron chi connectivity index (χ4n) is 2.73. The van der Waals surface area contributed by atoms with Gasteiger partial charge in [0.05, 0.1) is 4.91 Å². The van der Waals surface area contributed by atoms with Crippen LogP contribution < -0.4 is 10.5 Å². The van der Waals surface area contributed by atoms with Crippen LogP contribution >= 0.6 is 0 Å². The van der Waals surface area contributed by atoms with Gasteiger partial charge >= 0.3 is 0 Å². The molecule has 3 N–H and O–H groups in total. The van der Waals surface area contributed by atoms with Crippen LogP contribution in [0.1, 0.15) is 37.5 Å². The highest BCUT2D eigenvalue weighted by atomic mass is 32.2. The molecule has 140 valence electrons. The van der Waals surface area contributed by atoms with E-state index in [0.29, 0.717) is 11.3 Å². The van der Waals surface area contributed by atoms with Crippen LogP contribution in [0.15, 0.2) is 35.2 Å². The Balaban J connectivity index is 2.49. The molecule has 0 fully saturated rings. The van der Waals surface area contributed by atoms with Crippen LogP contribution in [0.5, 0.6) is 0 Å². The van der Waals surface area contributed by atoms with Crippen LogP contribution in [-0.2, 0) is 10.0 Å². The number of halogens is 1. The van der Waals surface area contributed by atoms with E-state index in [2.05, 4.69) is 4.72 Å². The molecule has 2 aromatic carbocycles. The highest BCUT2D eigenvalue weighted by Crippen LogP contribution is 2.30. The average molecular weight is 376 g/mol. The third kappa shape index (κ3) is 4.51. The first-order valence-corrected chi connectivity index (χ1v) is 9.87. The summed E-state index contributed by atoms with van der Waals surface area (Å²) < 4.78 is 41.4. The number of nitrogens with two attached hydrogens (primary N) is 1. The number of nitrogens with one attached hydrogen (secondary N) is 1. The van der Waals surface area contributed by atoms with E-state index >= 15 is 0 Å². The minimum atomic E-state index is -3.52. The molecule has 2 aromatic rings. The van der Waals surface area contributed by atoms with Crippen molar-refractivity contribution in [2.24, 2.45) is 0 Å². The Morgan fingerprint density at radius 1 is 1.12 bits per heavy atom. The van der Waals surface area contributed by atoms with Gasteiger partial charge in [0.15, 0.2) is 0 Å². The van der Waals surface area contributed by atoms with E-state index in [0.717, 1.165) is 22.3 Å². The zero-order valence-electron chi connectivity index (χ0n) is 15.7. The van der Waals surface area contributed by atoms with E-state index < -0.39 is 10.0 Å². The number of benzene rings is 2. The fourth-order valence-corrected chi connectivity index (χ4v) is 3.82. The standard InChI is InChI=1S/C20H25FN2O2S/c1-12(2)23-26(24,25)15(5)10-16-8-14(4)19(9-13(16)3)18-7-6-17(22)11-20(18)21/h6-12,23H,22H2,1-5H3/b15-10+. The summed E-state index contributed by atoms with van der Waals surface area (Å²) in [5, 5.41) is 0. The predicted octanol–water partition coefficient (Wildman–Crippen LogP) is 4.38. The van der Waals surface area contributed by atoms with E-state index in [-0.39, 0.29) is 16.8 Å². The monoisotopic (exact) mass is 376 g/mol. The number of rotatable bonds is 5. The Labute approximate surface area is 155 Å². The summed E-state index contributed by atoms with van der Waals surface area (Å²) >= 11 is 0. The smallest absolute Gasteiger partial charge is 0.236 e. The summed E-state index contributed by atoms with van der Waals surface area (Å²) in [5.41, 5.74) is 9.73. The molecule has 0 saturated carbocycles. The van der Waals surface area contributed by atoms with Gasteiger partial charge < -0.3 is 5.73 Å². The predicted molar refractivity (Wildman–Crippen MR) is 107 cm³/mol. The molecule has 0 unspecified atom stereocenters. The summed E-state index contributed by atoms with van der Waals surface area (Å²) in [6.45, 7) is 8.86. The molecule has 0 aliphatic heterocycles. The van der Waals surface area contributed by atoms with Crippen molar-refractivity contribution in [1.82, 2.24) is 4.72 Å². The lowest BCUT2D eigenvalue weighted by atomic mass is 9.94. The normalized spacial score (nSPS) is 12.7. The SMILES string of the molecule is C/C(=C\c1cc(C)c(-c2ccc(N)cc2F)cc1C)S(=O)(=O)NC(C)C. The van der Waals surface area contributed by atoms with E-state index in [1.54, 1.807) is 39.0 Å². The van der Waals surface area contributed by atoms with Crippen molar-refractivity contribution >= 4 is 21.8 Å². The van der Waals surface area contributed by atoms with Crippen LogP contribution in [0, 0.1) is 19.7 Å². The van der Waals surface area contributed by atoms with Crippen molar-refractivity contribution in [2.45, 2.75) is 40.7 Å². The molecule has 26 heavy (non-hydrogen) atoms. The molecule has 0 spiro atoms. The van der Waals surface area contributed by atoms with Gasteiger partial charge in [0.2, 0.25) is 10.0 Å². The minimum Gasteiger partial charge on any atom is -0.399 e. The Hall–Kier alpha value is -2.18. The second-order valence-electron chi connectivity index (χ2n) is 6.79. The first kappa shape index (κ1) is 20.1. The summed E-state index contributed by atoms with van der Waals surface area (Å²) in [5.74, 6) is -0.379. The molecule has 6 heteroatoms. The first-order valence-electron chi connectivity index (χ1n) is 8.38. The molecular formula is C20H25FN2O2S. The number of nitrogen functional groups attached to an aromatic ring is 1. The van der Waals surface area contributed by atoms with Crippen LogP contribution in [0.4, 0.5) is 10.1 Å². The molecule has 0 atom stereocenters. The maximum atomic E-state index is 14.3. The third-order valence-electron chi connectivity index (χ3n) is 4.07. The number of aryl methyl sites for hydroxylation is 2. The fraction of sp³-hybridized carbons (Fsp3) is 0.300. The lowest BCUT2D eigenvalue weighted by Crippen LogP contribution is -2.30. The Morgan fingerprint density at radius 2 is 1.77 bits per heavy atom. The second kappa shape index (κ2) is 7.60. The first-order chi connectivity index (χ1) is 12.0. The molecule has 0 aliphatic rings. The van der Waals surface area contributed by atoms with Crippen LogP contribution in [0.25, 0.3) is 17.2 Å². The van der Waals surface area contributed by atoms with Gasteiger partial charge in [-0.05, 0) is 81.1 Å². The Bertz CT molecular complexity index is 964. The zero-order valence-corrected chi connectivity index (χ0v) is 16.5. The number of hydrogen-bond donors (Lipinski definition) is 2. The van der Waals surface area contributed by atoms with Crippen molar-refractivity contribution in [3.05, 3.63) is 57.7 Å². The zero-order chi connectivity index (χ0) is 19.6. The summed E-state index contributed by atoms with van der Waals surface area (Å²) in [4.78, 5) is 0.236. The second-order valence-corrected chi connectivity index (χ2v) is 8.68. The van der Waals surface area contributed by atoms with E-state index in [4.69, 9.17) is 5.73 Å². The molecule has 4 nitrogen and oxygen atoms in total. The van der Waals surface area contributed by atoms with E-state index in [1.807, 2.05) is 26.0 Å². The quantitative estimate of drug-likeness (QED) is 0.761. The van der Waals surface area contributed by atoms with Crippen molar-refractivity contribution in [3.63, 3.8) is 0 Å². The van der Waals surface area contributed by atoms with Gasteiger partial charge in [0.1, 0.15) is 5.82 Å². The maximum Gasteiger partial charge on any atom is 0.236 e. The molecule has 0 radical (unpaired) electrons. The van der Waals surface area contributed by atoms with Crippen molar-refractivity contribution in [1.29, 1.82) is 0 Å². The Morgan fingerprint density at radius 3 is 2.35 bits per heavy atom. The maximum absolute atomic E-state index is 14.3. The van der Waals surface area contributed by atoms with Gasteiger partial charge in [-0.1, -0.05) is 12.1 Å². The van der Waals surface area contributed by atoms with E-state index in [9.17, 15) is 12.8 Å². The third-order valence-corrected chi connectivity index (χ3v) is 5.82. The summed E-state index contributed by atoms with van der Waals surface area (Å²) in [6.07, 6.45) is 1.64. The highest BCUT2D eigenvalue weighted by molar-refractivity contribution is 7.93. The number of allylic oxidation sites excluding steroid dienone is 1. The van der Waals surface area contributed by atoms with Crippen molar-refractivity contribution in [3.8, 4) is 11.1 Å². The molecule has 0 aromatic heterocycles. The molecule has 0 bridgehead atoms. The van der Waals surface area contributed by atoms with Crippen molar-refractivity contribution < 1.29 is 12.8 Å². The van der Waals surface area contributed by atoms with Gasteiger partial charge in [-0.15, -0.1) is 0 Å². The highest BCUT2D eigenvalue weighted by Gasteiger charge is 2.16. The topological polar surface area (TPSA) is 72.2 Å². The molecule has 2 rings (SSSR count). The minimum absolute atomic E-state index is 0.179. The van der Waals surface area contributed by atoms with Crippen molar-refractivity contribution in [2.75, 3.05) is 5.73 Å². The van der Waals surface area contributed by atoms with Gasteiger partial charge in [0, 0.05) is 17.3 Å². The van der Waals surface area contributed by atoms with E-state index in [1.165, 1.54) is 6.07 Å². The van der Waals surface area contributed by atoms with Gasteiger partial charge in [-0.2, -0.15) is 0 Å². The van der Waals surface area contributed by atoms with Crippen LogP contribution in [0.3, 0.4) is 0 Å².